The highest BCUT2D eigenvalue weighted by molar-refractivity contribution is 7.99. The van der Waals surface area contributed by atoms with Crippen LogP contribution in [-0.4, -0.2) is 35.4 Å². The number of amides is 2. The number of nitrogens with one attached hydrogen (secondary N) is 1. The molecule has 1 aromatic heterocycles. The number of benzene rings is 2. The van der Waals surface area contributed by atoms with Crippen molar-refractivity contribution in [3.63, 3.8) is 0 Å². The van der Waals surface area contributed by atoms with Crippen LogP contribution in [-0.2, 0) is 9.59 Å². The highest BCUT2D eigenvalue weighted by Gasteiger charge is 2.35. The summed E-state index contributed by atoms with van der Waals surface area (Å²) in [5, 5.41) is 3.62. The maximum atomic E-state index is 12.8. The van der Waals surface area contributed by atoms with Gasteiger partial charge >= 0.3 is 0 Å². The van der Waals surface area contributed by atoms with Gasteiger partial charge in [0, 0.05) is 46.7 Å². The van der Waals surface area contributed by atoms with Gasteiger partial charge in [-0.2, -0.15) is 0 Å². The van der Waals surface area contributed by atoms with Crippen molar-refractivity contribution in [2.24, 2.45) is 5.92 Å². The molecule has 2 aromatic carbocycles. The Hall–Kier alpha value is -3.39. The lowest BCUT2D eigenvalue weighted by molar-refractivity contribution is -0.122. The smallest absolute Gasteiger partial charge is 0.229 e. The molecular formula is C24H24N4O3S. The van der Waals surface area contributed by atoms with Crippen molar-refractivity contribution >= 4 is 35.0 Å². The van der Waals surface area contributed by atoms with E-state index in [9.17, 15) is 9.59 Å². The number of hydrogen-bond donors (Lipinski definition) is 1. The van der Waals surface area contributed by atoms with Gasteiger partial charge in [-0.05, 0) is 68.1 Å². The lowest BCUT2D eigenvalue weighted by atomic mass is 10.1. The zero-order valence-corrected chi connectivity index (χ0v) is 19.0. The average Bonchev–Trinajstić information content (AvgIpc) is 3.16. The van der Waals surface area contributed by atoms with Gasteiger partial charge in [-0.3, -0.25) is 9.59 Å². The Balaban J connectivity index is 1.38. The summed E-state index contributed by atoms with van der Waals surface area (Å²) in [6.07, 6.45) is 0.182. The van der Waals surface area contributed by atoms with Gasteiger partial charge in [0.05, 0.1) is 13.0 Å². The molecule has 1 aliphatic rings. The SMILES string of the molecule is COc1cccc(N2C[C@H](C(=O)Nc3ccc(Sc4nc(C)cc(C)n4)cc3)CC2=O)c1. The third-order valence-electron chi connectivity index (χ3n) is 5.15. The summed E-state index contributed by atoms with van der Waals surface area (Å²) in [6, 6.07) is 16.8. The highest BCUT2D eigenvalue weighted by atomic mass is 32.2. The van der Waals surface area contributed by atoms with E-state index in [1.54, 1.807) is 18.1 Å². The molecule has 3 aromatic rings. The number of aromatic nitrogens is 2. The molecule has 164 valence electrons. The minimum Gasteiger partial charge on any atom is -0.497 e. The lowest BCUT2D eigenvalue weighted by Gasteiger charge is -2.17. The molecule has 32 heavy (non-hydrogen) atoms. The quantitative estimate of drug-likeness (QED) is 0.568. The first-order valence-electron chi connectivity index (χ1n) is 10.3. The van der Waals surface area contributed by atoms with Crippen molar-refractivity contribution in [2.45, 2.75) is 30.3 Å². The summed E-state index contributed by atoms with van der Waals surface area (Å²) in [7, 11) is 1.58. The number of nitrogens with zero attached hydrogens (tertiary/aromatic N) is 3. The van der Waals surface area contributed by atoms with Crippen molar-refractivity contribution in [1.29, 1.82) is 0 Å². The van der Waals surface area contributed by atoms with Crippen LogP contribution >= 0.6 is 11.8 Å². The van der Waals surface area contributed by atoms with Crippen LogP contribution in [0.5, 0.6) is 5.75 Å². The van der Waals surface area contributed by atoms with Gasteiger partial charge in [0.1, 0.15) is 5.75 Å². The molecular weight excluding hydrogens is 424 g/mol. The van der Waals surface area contributed by atoms with Crippen molar-refractivity contribution < 1.29 is 14.3 Å². The van der Waals surface area contributed by atoms with E-state index in [0.29, 0.717) is 23.1 Å². The zero-order chi connectivity index (χ0) is 22.7. The summed E-state index contributed by atoms with van der Waals surface area (Å²) >= 11 is 1.47. The average molecular weight is 449 g/mol. The van der Waals surface area contributed by atoms with E-state index in [2.05, 4.69) is 15.3 Å². The van der Waals surface area contributed by atoms with Crippen LogP contribution < -0.4 is 15.0 Å². The number of ether oxygens (including phenoxy) is 1. The molecule has 1 aliphatic heterocycles. The van der Waals surface area contributed by atoms with Crippen LogP contribution in [0.1, 0.15) is 17.8 Å². The van der Waals surface area contributed by atoms with Gasteiger partial charge in [-0.1, -0.05) is 6.07 Å². The summed E-state index contributed by atoms with van der Waals surface area (Å²) in [6.45, 7) is 4.23. The first-order valence-corrected chi connectivity index (χ1v) is 11.1. The fourth-order valence-electron chi connectivity index (χ4n) is 3.61. The van der Waals surface area contributed by atoms with Crippen LogP contribution in [0.4, 0.5) is 11.4 Å². The molecule has 1 saturated heterocycles. The number of anilines is 2. The molecule has 0 spiro atoms. The summed E-state index contributed by atoms with van der Waals surface area (Å²) < 4.78 is 5.23. The highest BCUT2D eigenvalue weighted by Crippen LogP contribution is 2.29. The second kappa shape index (κ2) is 9.40. The van der Waals surface area contributed by atoms with Crippen molar-refractivity contribution in [3.8, 4) is 5.75 Å². The molecule has 2 heterocycles. The molecule has 0 bridgehead atoms. The molecule has 1 fully saturated rings. The van der Waals surface area contributed by atoms with E-state index >= 15 is 0 Å². The van der Waals surface area contributed by atoms with Crippen molar-refractivity contribution in [2.75, 3.05) is 23.9 Å². The summed E-state index contributed by atoms with van der Waals surface area (Å²) in [4.78, 5) is 36.8. The summed E-state index contributed by atoms with van der Waals surface area (Å²) in [5.41, 5.74) is 3.28. The Morgan fingerprint density at radius 3 is 2.50 bits per heavy atom. The van der Waals surface area contributed by atoms with Crippen LogP contribution in [0.15, 0.2) is 64.6 Å². The standard InChI is InChI=1S/C24H24N4O3S/c1-15-11-16(2)26-24(25-15)32-21-9-7-18(8-10-21)27-23(30)17-12-22(29)28(14-17)19-5-4-6-20(13-19)31-3/h4-11,13,17H,12,14H2,1-3H3,(H,27,30)/t17-/m1/s1. The van der Waals surface area contributed by atoms with E-state index in [0.717, 1.165) is 22.0 Å². The zero-order valence-electron chi connectivity index (χ0n) is 18.2. The molecule has 1 atom stereocenters. The van der Waals surface area contributed by atoms with Crippen LogP contribution in [0.25, 0.3) is 0 Å². The monoisotopic (exact) mass is 448 g/mol. The van der Waals surface area contributed by atoms with Gasteiger partial charge in [0.2, 0.25) is 11.8 Å². The van der Waals surface area contributed by atoms with E-state index in [1.165, 1.54) is 11.8 Å². The maximum Gasteiger partial charge on any atom is 0.229 e. The normalized spacial score (nSPS) is 15.7. The first kappa shape index (κ1) is 21.8. The topological polar surface area (TPSA) is 84.4 Å². The largest absolute Gasteiger partial charge is 0.497 e. The van der Waals surface area contributed by atoms with Gasteiger partial charge in [-0.25, -0.2) is 9.97 Å². The van der Waals surface area contributed by atoms with Crippen LogP contribution in [0.2, 0.25) is 0 Å². The Kier molecular flexibility index (Phi) is 6.41. The second-order valence-corrected chi connectivity index (χ2v) is 8.70. The minimum absolute atomic E-state index is 0.0707. The van der Waals surface area contributed by atoms with E-state index in [-0.39, 0.29) is 18.2 Å². The number of aryl methyl sites for hydroxylation is 2. The fraction of sp³-hybridized carbons (Fsp3) is 0.250. The Morgan fingerprint density at radius 1 is 1.09 bits per heavy atom. The predicted octanol–water partition coefficient (Wildman–Crippen LogP) is 4.24. The third kappa shape index (κ3) is 5.08. The molecule has 0 radical (unpaired) electrons. The fourth-order valence-corrected chi connectivity index (χ4v) is 4.47. The van der Waals surface area contributed by atoms with E-state index in [1.807, 2.05) is 62.4 Å². The number of hydrogen-bond acceptors (Lipinski definition) is 6. The predicted molar refractivity (Wildman–Crippen MR) is 124 cm³/mol. The van der Waals surface area contributed by atoms with Gasteiger partial charge in [0.25, 0.3) is 0 Å². The molecule has 4 rings (SSSR count). The Labute approximate surface area is 191 Å². The molecule has 2 amide bonds. The van der Waals surface area contributed by atoms with Gasteiger partial charge in [-0.15, -0.1) is 0 Å². The molecule has 8 heteroatoms. The van der Waals surface area contributed by atoms with E-state index < -0.39 is 5.92 Å². The molecule has 0 saturated carbocycles. The first-order chi connectivity index (χ1) is 15.4. The summed E-state index contributed by atoms with van der Waals surface area (Å²) in [5.74, 6) is 0.0270. The number of methoxy groups -OCH3 is 1. The number of carbonyl (C=O) groups is 2. The molecule has 0 unspecified atom stereocenters. The number of carbonyl (C=O) groups excluding carboxylic acids is 2. The van der Waals surface area contributed by atoms with Crippen molar-refractivity contribution in [1.82, 2.24) is 9.97 Å². The third-order valence-corrected chi connectivity index (χ3v) is 6.03. The van der Waals surface area contributed by atoms with Gasteiger partial charge < -0.3 is 15.0 Å². The molecule has 0 aliphatic carbocycles. The molecule has 7 nitrogen and oxygen atoms in total. The second-order valence-electron chi connectivity index (χ2n) is 7.66. The molecule has 1 N–H and O–H groups in total. The van der Waals surface area contributed by atoms with Gasteiger partial charge in [0.15, 0.2) is 5.16 Å². The van der Waals surface area contributed by atoms with Crippen molar-refractivity contribution in [3.05, 3.63) is 66.0 Å². The van der Waals surface area contributed by atoms with E-state index in [4.69, 9.17) is 4.74 Å². The van der Waals surface area contributed by atoms with Crippen LogP contribution in [0.3, 0.4) is 0 Å². The number of rotatable bonds is 6. The Bertz CT molecular complexity index is 1130. The Morgan fingerprint density at radius 2 is 1.81 bits per heavy atom. The lowest BCUT2D eigenvalue weighted by Crippen LogP contribution is -2.28. The maximum absolute atomic E-state index is 12.8. The minimum atomic E-state index is -0.411. The van der Waals surface area contributed by atoms with Crippen LogP contribution in [0, 0.1) is 19.8 Å².